The molecule has 1 aliphatic heterocycles. The summed E-state index contributed by atoms with van der Waals surface area (Å²) in [6.45, 7) is 3.91. The third-order valence-corrected chi connectivity index (χ3v) is 5.63. The zero-order valence-corrected chi connectivity index (χ0v) is 16.2. The third kappa shape index (κ3) is 3.06. The Balaban J connectivity index is 1.80. The summed E-state index contributed by atoms with van der Waals surface area (Å²) in [4.78, 5) is 17.3. The standard InChI is InChI=1S/C21H20N2O3S/c1-21(2,19(24)23-20-22-10-11-27-20)18-14-6-4-5-7-16(14)26-17-12-13(25-3)8-9-15(17)18/h4-12,18H,1-3H3,(H,22,23,24)/t18-/m0/s1. The predicted octanol–water partition coefficient (Wildman–Crippen LogP) is 5.05. The van der Waals surface area contributed by atoms with Crippen LogP contribution < -0.4 is 14.8 Å². The van der Waals surface area contributed by atoms with Crippen molar-refractivity contribution < 1.29 is 14.3 Å². The molecule has 1 aliphatic rings. The number of rotatable bonds is 4. The molecule has 1 N–H and O–H groups in total. The fraction of sp³-hybridized carbons (Fsp3) is 0.238. The summed E-state index contributed by atoms with van der Waals surface area (Å²) >= 11 is 1.41. The largest absolute Gasteiger partial charge is 0.497 e. The number of anilines is 1. The van der Waals surface area contributed by atoms with E-state index in [1.807, 2.05) is 61.7 Å². The molecule has 6 heteroatoms. The normalized spacial score (nSPS) is 15.3. The van der Waals surface area contributed by atoms with Crippen LogP contribution in [0.4, 0.5) is 5.13 Å². The first-order valence-corrected chi connectivity index (χ1v) is 9.54. The number of nitrogens with zero attached hydrogens (tertiary/aromatic N) is 1. The van der Waals surface area contributed by atoms with Gasteiger partial charge in [0.1, 0.15) is 17.2 Å². The number of thiazole rings is 1. The molecule has 5 nitrogen and oxygen atoms in total. The lowest BCUT2D eigenvalue weighted by molar-refractivity contribution is -0.124. The number of benzene rings is 2. The van der Waals surface area contributed by atoms with E-state index >= 15 is 0 Å². The van der Waals surface area contributed by atoms with E-state index in [2.05, 4.69) is 10.3 Å². The molecule has 0 unspecified atom stereocenters. The van der Waals surface area contributed by atoms with Gasteiger partial charge in [0.25, 0.3) is 0 Å². The van der Waals surface area contributed by atoms with Gasteiger partial charge in [-0.3, -0.25) is 4.79 Å². The van der Waals surface area contributed by atoms with E-state index in [1.165, 1.54) is 11.3 Å². The molecular formula is C21H20N2O3S. The van der Waals surface area contributed by atoms with Gasteiger partial charge in [-0.25, -0.2) is 4.98 Å². The SMILES string of the molecule is COc1ccc2c(c1)Oc1ccccc1[C@@H]2C(C)(C)C(=O)Nc1nccs1. The van der Waals surface area contributed by atoms with E-state index in [9.17, 15) is 4.79 Å². The number of amides is 1. The number of para-hydroxylation sites is 1. The Labute approximate surface area is 162 Å². The van der Waals surface area contributed by atoms with Gasteiger partial charge in [-0.15, -0.1) is 11.3 Å². The van der Waals surface area contributed by atoms with Crippen LogP contribution in [-0.4, -0.2) is 18.0 Å². The Hall–Kier alpha value is -2.86. The van der Waals surface area contributed by atoms with E-state index in [0.717, 1.165) is 22.6 Å². The van der Waals surface area contributed by atoms with Gasteiger partial charge in [-0.05, 0) is 12.1 Å². The number of methoxy groups -OCH3 is 1. The maximum atomic E-state index is 13.2. The fourth-order valence-electron chi connectivity index (χ4n) is 3.52. The Morgan fingerprint density at radius 2 is 1.96 bits per heavy atom. The van der Waals surface area contributed by atoms with Crippen LogP contribution in [0, 0.1) is 5.41 Å². The summed E-state index contributed by atoms with van der Waals surface area (Å²) < 4.78 is 11.4. The van der Waals surface area contributed by atoms with Crippen molar-refractivity contribution in [2.75, 3.05) is 12.4 Å². The number of hydrogen-bond acceptors (Lipinski definition) is 5. The highest BCUT2D eigenvalue weighted by molar-refractivity contribution is 7.13. The maximum absolute atomic E-state index is 13.2. The molecule has 0 bridgehead atoms. The molecule has 138 valence electrons. The van der Waals surface area contributed by atoms with Crippen LogP contribution in [0.1, 0.15) is 30.9 Å². The lowest BCUT2D eigenvalue weighted by atomic mass is 9.69. The fourth-order valence-corrected chi connectivity index (χ4v) is 4.04. The van der Waals surface area contributed by atoms with Crippen LogP contribution in [0.2, 0.25) is 0 Å². The van der Waals surface area contributed by atoms with Gasteiger partial charge in [0.15, 0.2) is 5.13 Å². The molecular weight excluding hydrogens is 360 g/mol. The van der Waals surface area contributed by atoms with Gasteiger partial charge in [0.2, 0.25) is 5.91 Å². The van der Waals surface area contributed by atoms with Crippen molar-refractivity contribution in [1.29, 1.82) is 0 Å². The van der Waals surface area contributed by atoms with Crippen molar-refractivity contribution in [2.24, 2.45) is 5.41 Å². The van der Waals surface area contributed by atoms with Gasteiger partial charge >= 0.3 is 0 Å². The average molecular weight is 380 g/mol. The van der Waals surface area contributed by atoms with Crippen LogP contribution in [-0.2, 0) is 4.79 Å². The van der Waals surface area contributed by atoms with Crippen molar-refractivity contribution in [3.8, 4) is 17.2 Å². The molecule has 1 amide bonds. The maximum Gasteiger partial charge on any atom is 0.232 e. The first kappa shape index (κ1) is 17.5. The lowest BCUT2D eigenvalue weighted by Crippen LogP contribution is -2.38. The summed E-state index contributed by atoms with van der Waals surface area (Å²) in [5, 5.41) is 5.39. The molecule has 4 rings (SSSR count). The van der Waals surface area contributed by atoms with Crippen molar-refractivity contribution in [2.45, 2.75) is 19.8 Å². The average Bonchev–Trinajstić information content (AvgIpc) is 3.18. The summed E-state index contributed by atoms with van der Waals surface area (Å²) in [6.07, 6.45) is 1.68. The van der Waals surface area contributed by atoms with Crippen LogP contribution >= 0.6 is 11.3 Å². The Kier molecular flexibility index (Phi) is 4.36. The van der Waals surface area contributed by atoms with Gasteiger partial charge in [0, 0.05) is 34.7 Å². The minimum absolute atomic E-state index is 0.0825. The Bertz CT molecular complexity index is 983. The second kappa shape index (κ2) is 6.70. The molecule has 27 heavy (non-hydrogen) atoms. The molecule has 0 saturated carbocycles. The highest BCUT2D eigenvalue weighted by atomic mass is 32.1. The monoisotopic (exact) mass is 380 g/mol. The van der Waals surface area contributed by atoms with Crippen LogP contribution in [0.25, 0.3) is 0 Å². The molecule has 0 spiro atoms. The van der Waals surface area contributed by atoms with Crippen molar-refractivity contribution in [3.63, 3.8) is 0 Å². The molecule has 2 aromatic carbocycles. The van der Waals surface area contributed by atoms with Gasteiger partial charge in [-0.1, -0.05) is 38.1 Å². The number of ether oxygens (including phenoxy) is 2. The lowest BCUT2D eigenvalue weighted by Gasteiger charge is -2.38. The minimum atomic E-state index is -0.727. The predicted molar refractivity (Wildman–Crippen MR) is 106 cm³/mol. The van der Waals surface area contributed by atoms with Crippen LogP contribution in [0.3, 0.4) is 0 Å². The zero-order chi connectivity index (χ0) is 19.0. The molecule has 2 heterocycles. The summed E-state index contributed by atoms with van der Waals surface area (Å²) in [6, 6.07) is 13.6. The van der Waals surface area contributed by atoms with E-state index in [0.29, 0.717) is 10.9 Å². The molecule has 1 aromatic heterocycles. The van der Waals surface area contributed by atoms with Crippen LogP contribution in [0.5, 0.6) is 17.2 Å². The second-order valence-electron chi connectivity index (χ2n) is 6.99. The molecule has 0 aliphatic carbocycles. The molecule has 0 saturated heterocycles. The van der Waals surface area contributed by atoms with E-state index in [4.69, 9.17) is 9.47 Å². The van der Waals surface area contributed by atoms with Crippen molar-refractivity contribution in [1.82, 2.24) is 4.98 Å². The number of nitrogens with one attached hydrogen (secondary N) is 1. The van der Waals surface area contributed by atoms with E-state index in [1.54, 1.807) is 13.3 Å². The summed E-state index contributed by atoms with van der Waals surface area (Å²) in [7, 11) is 1.63. The highest BCUT2D eigenvalue weighted by Crippen LogP contribution is 2.52. The van der Waals surface area contributed by atoms with Crippen LogP contribution in [0.15, 0.2) is 54.0 Å². The van der Waals surface area contributed by atoms with Gasteiger partial charge < -0.3 is 14.8 Å². The molecule has 0 radical (unpaired) electrons. The Morgan fingerprint density at radius 1 is 1.19 bits per heavy atom. The molecule has 3 aromatic rings. The number of hydrogen-bond donors (Lipinski definition) is 1. The third-order valence-electron chi connectivity index (χ3n) is 4.94. The van der Waals surface area contributed by atoms with E-state index < -0.39 is 5.41 Å². The number of aromatic nitrogens is 1. The summed E-state index contributed by atoms with van der Waals surface area (Å²) in [5.41, 5.74) is 1.23. The Morgan fingerprint density at radius 3 is 2.70 bits per heavy atom. The molecule has 1 atom stereocenters. The second-order valence-corrected chi connectivity index (χ2v) is 7.88. The van der Waals surface area contributed by atoms with Gasteiger partial charge in [-0.2, -0.15) is 0 Å². The topological polar surface area (TPSA) is 60.5 Å². The highest BCUT2D eigenvalue weighted by Gasteiger charge is 2.43. The van der Waals surface area contributed by atoms with E-state index in [-0.39, 0.29) is 11.8 Å². The quantitative estimate of drug-likeness (QED) is 0.688. The zero-order valence-electron chi connectivity index (χ0n) is 15.4. The molecule has 0 fully saturated rings. The first-order valence-electron chi connectivity index (χ1n) is 8.66. The first-order chi connectivity index (χ1) is 13.0. The number of carbonyl (C=O) groups is 1. The smallest absolute Gasteiger partial charge is 0.232 e. The number of fused-ring (bicyclic) bond motifs is 2. The van der Waals surface area contributed by atoms with Gasteiger partial charge in [0.05, 0.1) is 12.5 Å². The van der Waals surface area contributed by atoms with Crippen molar-refractivity contribution >= 4 is 22.4 Å². The van der Waals surface area contributed by atoms with Crippen molar-refractivity contribution in [3.05, 3.63) is 65.2 Å². The number of carbonyl (C=O) groups excluding carboxylic acids is 1. The minimum Gasteiger partial charge on any atom is -0.497 e. The summed E-state index contributed by atoms with van der Waals surface area (Å²) in [5.74, 6) is 1.95.